The van der Waals surface area contributed by atoms with Crippen LogP contribution in [0.2, 0.25) is 0 Å². The molecule has 0 fully saturated rings. The van der Waals surface area contributed by atoms with E-state index in [0.29, 0.717) is 25.7 Å². The predicted octanol–water partition coefficient (Wildman–Crippen LogP) is 22.8. The summed E-state index contributed by atoms with van der Waals surface area (Å²) in [6.07, 6.45) is 52.8. The number of rotatable bonds is 75. The highest BCUT2D eigenvalue weighted by molar-refractivity contribution is 7.47. The van der Waals surface area contributed by atoms with Gasteiger partial charge in [-0.25, -0.2) is 9.13 Å². The summed E-state index contributed by atoms with van der Waals surface area (Å²) < 4.78 is 68.5. The molecule has 17 nitrogen and oxygen atoms in total. The van der Waals surface area contributed by atoms with Crippen LogP contribution in [-0.2, 0) is 65.4 Å². The third-order valence-electron chi connectivity index (χ3n) is 19.2. The molecule has 0 aromatic rings. The Morgan fingerprint density at radius 1 is 0.289 bits per heavy atom. The van der Waals surface area contributed by atoms with Crippen LogP contribution in [0.25, 0.3) is 0 Å². The second-order valence-electron chi connectivity index (χ2n) is 29.3. The average molecular weight is 1420 g/mol. The number of carbonyl (C=O) groups is 4. The molecule has 19 heteroatoms. The van der Waals surface area contributed by atoms with Crippen LogP contribution >= 0.6 is 15.6 Å². The van der Waals surface area contributed by atoms with E-state index in [1.807, 2.05) is 0 Å². The van der Waals surface area contributed by atoms with Crippen molar-refractivity contribution in [2.24, 2.45) is 23.7 Å². The summed E-state index contributed by atoms with van der Waals surface area (Å²) >= 11 is 0. The van der Waals surface area contributed by atoms with E-state index in [4.69, 9.17) is 37.0 Å². The van der Waals surface area contributed by atoms with E-state index in [1.165, 1.54) is 193 Å². The molecule has 3 N–H and O–H groups in total. The van der Waals surface area contributed by atoms with Gasteiger partial charge in [0.25, 0.3) is 0 Å². The van der Waals surface area contributed by atoms with Gasteiger partial charge < -0.3 is 33.8 Å². The first-order valence-electron chi connectivity index (χ1n) is 40.3. The summed E-state index contributed by atoms with van der Waals surface area (Å²) in [4.78, 5) is 72.8. The van der Waals surface area contributed by atoms with Gasteiger partial charge >= 0.3 is 39.5 Å². The second-order valence-corrected chi connectivity index (χ2v) is 32.2. The van der Waals surface area contributed by atoms with E-state index < -0.39 is 97.5 Å². The number of hydrogen-bond acceptors (Lipinski definition) is 15. The molecule has 0 rings (SSSR count). The molecule has 0 aromatic heterocycles. The van der Waals surface area contributed by atoms with E-state index in [9.17, 15) is 43.2 Å². The maximum Gasteiger partial charge on any atom is 0.472 e. The van der Waals surface area contributed by atoms with Crippen molar-refractivity contribution in [3.63, 3.8) is 0 Å². The molecule has 0 aliphatic rings. The summed E-state index contributed by atoms with van der Waals surface area (Å²) in [6.45, 7) is 14.2. The minimum atomic E-state index is -4.96. The molecule has 0 radical (unpaired) electrons. The smallest absolute Gasteiger partial charge is 0.462 e. The van der Waals surface area contributed by atoms with Gasteiger partial charge in [0.2, 0.25) is 0 Å². The van der Waals surface area contributed by atoms with E-state index in [1.54, 1.807) is 0 Å². The highest BCUT2D eigenvalue weighted by Crippen LogP contribution is 2.45. The number of aliphatic hydroxyl groups is 1. The van der Waals surface area contributed by atoms with Crippen LogP contribution in [-0.4, -0.2) is 96.7 Å². The van der Waals surface area contributed by atoms with Gasteiger partial charge in [0.1, 0.15) is 19.3 Å². The molecule has 8 atom stereocenters. The van der Waals surface area contributed by atoms with Gasteiger partial charge in [-0.05, 0) is 49.4 Å². The lowest BCUT2D eigenvalue weighted by atomic mass is 9.99. The standard InChI is InChI=1S/C78H152O17P2/c1-9-69(6)55-47-39-31-24-20-18-16-14-12-13-15-17-19-21-26-34-44-52-60-77(82)94-73(64-88-75(80)58-50-42-33-29-28-30-38-46-54-68(4)5)66-92-96(84,85)90-62-72(79)63-91-97(86,87)93-67-74(65-89-76(81)59-51-43-37-36-41-49-57-71(8)11-3)95-78(83)61-53-45-35-27-23-22-25-32-40-48-56-70(7)10-2/h68-74,79H,9-67H2,1-8H3,(H,84,85)(H,86,87)/t69?,70?,71?,72-,73-,74-/m1/s1. The van der Waals surface area contributed by atoms with Crippen molar-refractivity contribution in [1.29, 1.82) is 0 Å². The molecule has 0 aliphatic carbocycles. The zero-order chi connectivity index (χ0) is 71.7. The number of phosphoric acid groups is 2. The van der Waals surface area contributed by atoms with Crippen LogP contribution in [0.1, 0.15) is 396 Å². The number of hydrogen-bond donors (Lipinski definition) is 3. The van der Waals surface area contributed by atoms with Crippen molar-refractivity contribution in [1.82, 2.24) is 0 Å². The summed E-state index contributed by atoms with van der Waals surface area (Å²) in [5.74, 6) is 1.01. The van der Waals surface area contributed by atoms with Crippen LogP contribution in [0.3, 0.4) is 0 Å². The molecule has 0 amide bonds. The molecule has 0 aromatic carbocycles. The molecule has 0 spiro atoms. The third-order valence-corrected chi connectivity index (χ3v) is 21.1. The summed E-state index contributed by atoms with van der Waals surface area (Å²) in [7, 11) is -9.92. The number of phosphoric ester groups is 2. The van der Waals surface area contributed by atoms with Crippen LogP contribution in [0.15, 0.2) is 0 Å². The first kappa shape index (κ1) is 95.1. The lowest BCUT2D eigenvalue weighted by molar-refractivity contribution is -0.161. The van der Waals surface area contributed by atoms with E-state index >= 15 is 0 Å². The van der Waals surface area contributed by atoms with E-state index in [0.717, 1.165) is 120 Å². The van der Waals surface area contributed by atoms with Gasteiger partial charge in [0, 0.05) is 25.7 Å². The monoisotopic (exact) mass is 1420 g/mol. The number of ether oxygens (including phenoxy) is 4. The number of carbonyl (C=O) groups excluding carboxylic acids is 4. The second kappa shape index (κ2) is 67.2. The number of aliphatic hydroxyl groups excluding tert-OH is 1. The summed E-state index contributed by atoms with van der Waals surface area (Å²) in [6, 6.07) is 0. The van der Waals surface area contributed by atoms with Crippen molar-refractivity contribution in [3.8, 4) is 0 Å². The van der Waals surface area contributed by atoms with Gasteiger partial charge in [-0.2, -0.15) is 0 Å². The van der Waals surface area contributed by atoms with Crippen molar-refractivity contribution >= 4 is 39.5 Å². The molecule has 576 valence electrons. The molecule has 0 aliphatic heterocycles. The Morgan fingerprint density at radius 3 is 0.732 bits per heavy atom. The van der Waals surface area contributed by atoms with E-state index in [-0.39, 0.29) is 25.7 Å². The highest BCUT2D eigenvalue weighted by Gasteiger charge is 2.30. The Hall–Kier alpha value is -1.94. The van der Waals surface area contributed by atoms with Crippen LogP contribution in [0.5, 0.6) is 0 Å². The van der Waals surface area contributed by atoms with Gasteiger partial charge in [-0.15, -0.1) is 0 Å². The van der Waals surface area contributed by atoms with Crippen LogP contribution < -0.4 is 0 Å². The van der Waals surface area contributed by atoms with Gasteiger partial charge in [-0.3, -0.25) is 37.3 Å². The largest absolute Gasteiger partial charge is 0.472 e. The number of esters is 4. The lowest BCUT2D eigenvalue weighted by Gasteiger charge is -2.21. The molecule has 0 saturated heterocycles. The molecular formula is C78H152O17P2. The average Bonchev–Trinajstić information content (AvgIpc) is 1.00. The Bertz CT molecular complexity index is 1910. The quantitative estimate of drug-likeness (QED) is 0.0222. The van der Waals surface area contributed by atoms with Crippen molar-refractivity contribution in [2.45, 2.75) is 414 Å². The van der Waals surface area contributed by atoms with Crippen LogP contribution in [0.4, 0.5) is 0 Å². The first-order chi connectivity index (χ1) is 46.7. The fourth-order valence-corrected chi connectivity index (χ4v) is 13.4. The van der Waals surface area contributed by atoms with Gasteiger partial charge in [-0.1, -0.05) is 344 Å². The minimum absolute atomic E-state index is 0.105. The zero-order valence-corrected chi connectivity index (χ0v) is 65.5. The normalized spacial score (nSPS) is 14.9. The van der Waals surface area contributed by atoms with E-state index in [2.05, 4.69) is 55.4 Å². The maximum absolute atomic E-state index is 13.1. The fourth-order valence-electron chi connectivity index (χ4n) is 11.8. The zero-order valence-electron chi connectivity index (χ0n) is 63.7. The SMILES string of the molecule is CCC(C)CCCCCCCCCCCCCCCCCCCCC(=O)O[C@H](COC(=O)CCCCCCCCCCC(C)C)COP(=O)(O)OC[C@@H](O)COP(=O)(O)OC[C@@H](COC(=O)CCCCCCCCC(C)CC)OC(=O)CCCCCCCCCCCCC(C)CC. The molecule has 0 heterocycles. The summed E-state index contributed by atoms with van der Waals surface area (Å²) in [5, 5.41) is 10.6. The Kier molecular flexibility index (Phi) is 65.9. The Balaban J connectivity index is 5.19. The Morgan fingerprint density at radius 2 is 0.495 bits per heavy atom. The lowest BCUT2D eigenvalue weighted by Crippen LogP contribution is -2.30. The fraction of sp³-hybridized carbons (Fsp3) is 0.949. The topological polar surface area (TPSA) is 237 Å². The highest BCUT2D eigenvalue weighted by atomic mass is 31.2. The first-order valence-corrected chi connectivity index (χ1v) is 43.3. The van der Waals surface area contributed by atoms with Crippen molar-refractivity contribution in [3.05, 3.63) is 0 Å². The Labute approximate surface area is 594 Å². The van der Waals surface area contributed by atoms with Crippen molar-refractivity contribution in [2.75, 3.05) is 39.6 Å². The van der Waals surface area contributed by atoms with Gasteiger partial charge in [0.15, 0.2) is 12.2 Å². The number of unbranched alkanes of at least 4 members (excludes halogenated alkanes) is 38. The summed E-state index contributed by atoms with van der Waals surface area (Å²) in [5.41, 5.74) is 0. The van der Waals surface area contributed by atoms with Crippen molar-refractivity contribution < 1.29 is 80.2 Å². The molecule has 97 heavy (non-hydrogen) atoms. The third kappa shape index (κ3) is 68.3. The minimum Gasteiger partial charge on any atom is -0.462 e. The van der Waals surface area contributed by atoms with Gasteiger partial charge in [0.05, 0.1) is 26.4 Å². The molecule has 0 saturated carbocycles. The predicted molar refractivity (Wildman–Crippen MR) is 395 cm³/mol. The molecule has 5 unspecified atom stereocenters. The van der Waals surface area contributed by atoms with Crippen LogP contribution in [0, 0.1) is 23.7 Å². The maximum atomic E-state index is 13.1. The molecule has 0 bridgehead atoms. The molecular weight excluding hydrogens is 1270 g/mol.